The van der Waals surface area contributed by atoms with Crippen LogP contribution in [0.15, 0.2) is 46.9 Å². The Labute approximate surface area is 103 Å². The normalized spacial score (nSPS) is 10.9. The summed E-state index contributed by atoms with van der Waals surface area (Å²) in [5.41, 5.74) is 8.67. The number of hydrogen-bond acceptors (Lipinski definition) is 3. The molecule has 0 radical (unpaired) electrons. The molecule has 2 aromatic carbocycles. The first-order chi connectivity index (χ1) is 8.22. The second-order valence-corrected chi connectivity index (χ2v) is 4.19. The molecule has 84 valence electrons. The summed E-state index contributed by atoms with van der Waals surface area (Å²) < 4.78 is 5.64. The average Bonchev–Trinajstić information content (AvgIpc) is 2.72. The maximum absolute atomic E-state index is 5.93. The highest BCUT2D eigenvalue weighted by atomic mass is 35.5. The molecule has 3 nitrogen and oxygen atoms in total. The van der Waals surface area contributed by atoms with Gasteiger partial charge in [0.05, 0.1) is 0 Å². The molecule has 0 saturated carbocycles. The third-order valence-electron chi connectivity index (χ3n) is 2.48. The number of anilines is 1. The van der Waals surface area contributed by atoms with E-state index in [0.717, 1.165) is 11.1 Å². The number of nitrogens with two attached hydrogens (primary N) is 1. The zero-order valence-corrected chi connectivity index (χ0v) is 9.61. The summed E-state index contributed by atoms with van der Waals surface area (Å²) >= 11 is 5.93. The molecule has 3 aromatic rings. The fourth-order valence-corrected chi connectivity index (χ4v) is 1.88. The van der Waals surface area contributed by atoms with Gasteiger partial charge >= 0.3 is 0 Å². The number of fused-ring (bicyclic) bond motifs is 1. The maximum Gasteiger partial charge on any atom is 0.227 e. The standard InChI is InChI=1S/C13H9ClN2O/c14-9-3-1-2-8(6-9)13-16-11-5-4-10(15)7-12(11)17-13/h1-7H,15H2. The fraction of sp³-hybridized carbons (Fsp3) is 0. The van der Waals surface area contributed by atoms with Crippen LogP contribution in [0.2, 0.25) is 5.02 Å². The van der Waals surface area contributed by atoms with Gasteiger partial charge in [0.1, 0.15) is 5.52 Å². The largest absolute Gasteiger partial charge is 0.436 e. The van der Waals surface area contributed by atoms with Gasteiger partial charge in [0.2, 0.25) is 5.89 Å². The maximum atomic E-state index is 5.93. The first-order valence-electron chi connectivity index (χ1n) is 5.14. The smallest absolute Gasteiger partial charge is 0.227 e. The monoisotopic (exact) mass is 244 g/mol. The van der Waals surface area contributed by atoms with Crippen molar-refractivity contribution in [2.24, 2.45) is 0 Å². The number of aromatic nitrogens is 1. The van der Waals surface area contributed by atoms with Gasteiger partial charge in [0.15, 0.2) is 5.58 Å². The Kier molecular flexibility index (Phi) is 2.27. The predicted molar refractivity (Wildman–Crippen MR) is 68.9 cm³/mol. The summed E-state index contributed by atoms with van der Waals surface area (Å²) in [5, 5.41) is 0.657. The van der Waals surface area contributed by atoms with Crippen LogP contribution in [0.25, 0.3) is 22.6 Å². The highest BCUT2D eigenvalue weighted by Gasteiger charge is 2.08. The number of oxazole rings is 1. The van der Waals surface area contributed by atoms with Crippen molar-refractivity contribution in [2.45, 2.75) is 0 Å². The first kappa shape index (κ1) is 10.2. The number of benzene rings is 2. The van der Waals surface area contributed by atoms with E-state index in [2.05, 4.69) is 4.98 Å². The lowest BCUT2D eigenvalue weighted by Crippen LogP contribution is -1.81. The summed E-state index contributed by atoms with van der Waals surface area (Å²) in [6, 6.07) is 12.8. The fourth-order valence-electron chi connectivity index (χ4n) is 1.69. The van der Waals surface area contributed by atoms with E-state index in [1.165, 1.54) is 0 Å². The van der Waals surface area contributed by atoms with Crippen molar-refractivity contribution in [3.8, 4) is 11.5 Å². The Morgan fingerprint density at radius 3 is 2.82 bits per heavy atom. The molecular formula is C13H9ClN2O. The van der Waals surface area contributed by atoms with Crippen molar-refractivity contribution in [3.63, 3.8) is 0 Å². The van der Waals surface area contributed by atoms with E-state index in [0.29, 0.717) is 22.2 Å². The lowest BCUT2D eigenvalue weighted by Gasteiger charge is -1.94. The van der Waals surface area contributed by atoms with E-state index in [-0.39, 0.29) is 0 Å². The second-order valence-electron chi connectivity index (χ2n) is 3.76. The second kappa shape index (κ2) is 3.79. The minimum absolute atomic E-state index is 0.549. The molecule has 0 aliphatic carbocycles. The van der Waals surface area contributed by atoms with E-state index in [1.807, 2.05) is 30.3 Å². The molecule has 0 aliphatic heterocycles. The van der Waals surface area contributed by atoms with Crippen LogP contribution in [0.4, 0.5) is 5.69 Å². The Morgan fingerprint density at radius 2 is 2.00 bits per heavy atom. The van der Waals surface area contributed by atoms with Crippen LogP contribution in [0.1, 0.15) is 0 Å². The lowest BCUT2D eigenvalue weighted by atomic mass is 10.2. The van der Waals surface area contributed by atoms with E-state index < -0.39 is 0 Å². The molecular weight excluding hydrogens is 236 g/mol. The molecule has 3 rings (SSSR count). The first-order valence-corrected chi connectivity index (χ1v) is 5.52. The van der Waals surface area contributed by atoms with Crippen molar-refractivity contribution < 1.29 is 4.42 Å². The summed E-state index contributed by atoms with van der Waals surface area (Å²) in [4.78, 5) is 4.38. The average molecular weight is 245 g/mol. The van der Waals surface area contributed by atoms with E-state index in [4.69, 9.17) is 21.8 Å². The molecule has 0 aliphatic rings. The number of nitrogens with zero attached hydrogens (tertiary/aromatic N) is 1. The minimum Gasteiger partial charge on any atom is -0.436 e. The van der Waals surface area contributed by atoms with Crippen LogP contribution >= 0.6 is 11.6 Å². The summed E-state index contributed by atoms with van der Waals surface area (Å²) in [5.74, 6) is 0.549. The SMILES string of the molecule is Nc1ccc2nc(-c3cccc(Cl)c3)oc2c1. The molecule has 2 N–H and O–H groups in total. The summed E-state index contributed by atoms with van der Waals surface area (Å²) in [6.45, 7) is 0. The molecule has 0 saturated heterocycles. The topological polar surface area (TPSA) is 52.0 Å². The molecule has 0 amide bonds. The van der Waals surface area contributed by atoms with E-state index >= 15 is 0 Å². The molecule has 0 unspecified atom stereocenters. The number of rotatable bonds is 1. The van der Waals surface area contributed by atoms with Crippen LogP contribution in [0, 0.1) is 0 Å². The zero-order valence-electron chi connectivity index (χ0n) is 8.85. The van der Waals surface area contributed by atoms with E-state index in [9.17, 15) is 0 Å². The molecule has 0 bridgehead atoms. The molecule has 0 fully saturated rings. The molecule has 4 heteroatoms. The summed E-state index contributed by atoms with van der Waals surface area (Å²) in [6.07, 6.45) is 0. The van der Waals surface area contributed by atoms with Crippen LogP contribution in [0.3, 0.4) is 0 Å². The molecule has 1 aromatic heterocycles. The third kappa shape index (κ3) is 1.85. The molecule has 0 spiro atoms. The van der Waals surface area contributed by atoms with Crippen LogP contribution in [0.5, 0.6) is 0 Å². The minimum atomic E-state index is 0.549. The predicted octanol–water partition coefficient (Wildman–Crippen LogP) is 3.73. The van der Waals surface area contributed by atoms with E-state index in [1.54, 1.807) is 12.1 Å². The van der Waals surface area contributed by atoms with Crippen molar-refractivity contribution >= 4 is 28.4 Å². The van der Waals surface area contributed by atoms with Crippen molar-refractivity contribution in [1.82, 2.24) is 4.98 Å². The lowest BCUT2D eigenvalue weighted by molar-refractivity contribution is 0.620. The Balaban J connectivity index is 2.18. The zero-order chi connectivity index (χ0) is 11.8. The van der Waals surface area contributed by atoms with Crippen LogP contribution in [-0.2, 0) is 0 Å². The van der Waals surface area contributed by atoms with Crippen LogP contribution in [-0.4, -0.2) is 4.98 Å². The quantitative estimate of drug-likeness (QED) is 0.664. The highest BCUT2D eigenvalue weighted by molar-refractivity contribution is 6.30. The van der Waals surface area contributed by atoms with Crippen molar-refractivity contribution in [1.29, 1.82) is 0 Å². The molecule has 1 heterocycles. The molecule has 17 heavy (non-hydrogen) atoms. The van der Waals surface area contributed by atoms with Crippen molar-refractivity contribution in [2.75, 3.05) is 5.73 Å². The Hall–Kier alpha value is -2.00. The Bertz CT molecular complexity index is 691. The molecule has 0 atom stereocenters. The third-order valence-corrected chi connectivity index (χ3v) is 2.72. The van der Waals surface area contributed by atoms with Gasteiger partial charge in [0, 0.05) is 22.3 Å². The van der Waals surface area contributed by atoms with Gasteiger partial charge in [0.25, 0.3) is 0 Å². The van der Waals surface area contributed by atoms with Crippen molar-refractivity contribution in [3.05, 3.63) is 47.5 Å². The van der Waals surface area contributed by atoms with Gasteiger partial charge in [-0.25, -0.2) is 4.98 Å². The highest BCUT2D eigenvalue weighted by Crippen LogP contribution is 2.26. The number of halogens is 1. The number of nitrogen functional groups attached to an aromatic ring is 1. The number of hydrogen-bond donors (Lipinski definition) is 1. The van der Waals surface area contributed by atoms with Gasteiger partial charge in [-0.2, -0.15) is 0 Å². The van der Waals surface area contributed by atoms with Gasteiger partial charge in [-0.15, -0.1) is 0 Å². The van der Waals surface area contributed by atoms with Gasteiger partial charge < -0.3 is 10.2 Å². The van der Waals surface area contributed by atoms with Crippen LogP contribution < -0.4 is 5.73 Å². The van der Waals surface area contributed by atoms with Gasteiger partial charge in [-0.3, -0.25) is 0 Å². The van der Waals surface area contributed by atoms with Gasteiger partial charge in [-0.05, 0) is 30.3 Å². The summed E-state index contributed by atoms with van der Waals surface area (Å²) in [7, 11) is 0. The Morgan fingerprint density at radius 1 is 1.12 bits per heavy atom. The van der Waals surface area contributed by atoms with Gasteiger partial charge in [-0.1, -0.05) is 17.7 Å².